The molecule has 486 valence electrons. The van der Waals surface area contributed by atoms with Crippen molar-refractivity contribution in [1.29, 1.82) is 31.6 Å². The zero-order chi connectivity index (χ0) is 69.5. The zero-order valence-electron chi connectivity index (χ0n) is 55.9. The van der Waals surface area contributed by atoms with E-state index in [0.717, 1.165) is 139 Å². The van der Waals surface area contributed by atoms with Crippen molar-refractivity contribution >= 4 is 114 Å². The fourth-order valence-corrected chi connectivity index (χ4v) is 20.4. The summed E-state index contributed by atoms with van der Waals surface area (Å²) in [5.41, 5.74) is 21.5. The molecule has 10 aromatic rings. The van der Waals surface area contributed by atoms with Gasteiger partial charge in [0.2, 0.25) is 0 Å². The number of nitriles is 6. The molecule has 8 saturated carbocycles. The first-order valence-electron chi connectivity index (χ1n) is 35.2. The second-order valence-electron chi connectivity index (χ2n) is 29.6. The van der Waals surface area contributed by atoms with Gasteiger partial charge in [-0.3, -0.25) is 0 Å². The third-order valence-electron chi connectivity index (χ3n) is 23.6. The van der Waals surface area contributed by atoms with Gasteiger partial charge in [-0.25, -0.2) is 9.69 Å². The van der Waals surface area contributed by atoms with Gasteiger partial charge < -0.3 is 19.6 Å². The predicted octanol–water partition coefficient (Wildman–Crippen LogP) is 20.3. The third-order valence-corrected chi connectivity index (χ3v) is 24.0. The summed E-state index contributed by atoms with van der Waals surface area (Å²) in [6, 6.07) is 80.8. The highest BCUT2D eigenvalue weighted by Gasteiger charge is 2.55. The lowest BCUT2D eigenvalue weighted by atomic mass is 9.33. The van der Waals surface area contributed by atoms with Crippen LogP contribution < -0.4 is 36.0 Å². The van der Waals surface area contributed by atoms with E-state index in [2.05, 4.69) is 102 Å². The maximum atomic E-state index is 10.1. The van der Waals surface area contributed by atoms with Crippen LogP contribution in [0.2, 0.25) is 5.02 Å². The molecule has 102 heavy (non-hydrogen) atoms. The summed E-state index contributed by atoms with van der Waals surface area (Å²) in [6.07, 6.45) is 15.2. The van der Waals surface area contributed by atoms with Gasteiger partial charge in [0.1, 0.15) is 0 Å². The minimum absolute atomic E-state index is 0.0220. The van der Waals surface area contributed by atoms with Crippen molar-refractivity contribution in [1.82, 2.24) is 0 Å². The molecule has 8 fully saturated rings. The molecule has 0 radical (unpaired) electrons. The van der Waals surface area contributed by atoms with Crippen molar-refractivity contribution in [3.63, 3.8) is 0 Å². The van der Waals surface area contributed by atoms with Gasteiger partial charge >= 0.3 is 0 Å². The van der Waals surface area contributed by atoms with E-state index >= 15 is 0 Å². The lowest BCUT2D eigenvalue weighted by Crippen LogP contribution is -2.61. The first-order valence-corrected chi connectivity index (χ1v) is 35.5. The highest BCUT2D eigenvalue weighted by molar-refractivity contribution is 7.00. The van der Waals surface area contributed by atoms with Crippen LogP contribution in [0.15, 0.2) is 206 Å². The number of rotatable bonds is 10. The number of fused-ring (bicyclic) bond motifs is 4. The monoisotopic (exact) mass is 1330 g/mol. The molecular weight excluding hydrogens is 1270 g/mol. The van der Waals surface area contributed by atoms with E-state index in [4.69, 9.17) is 24.7 Å². The molecule has 0 unspecified atom stereocenters. The molecule has 14 heteroatoms. The molecule has 2 heterocycles. The van der Waals surface area contributed by atoms with Crippen molar-refractivity contribution in [2.45, 2.75) is 87.9 Å². The molecule has 2 aliphatic heterocycles. The van der Waals surface area contributed by atoms with Crippen LogP contribution in [-0.4, -0.2) is 6.71 Å². The fourth-order valence-electron chi connectivity index (χ4n) is 20.1. The van der Waals surface area contributed by atoms with Crippen LogP contribution in [0.5, 0.6) is 0 Å². The van der Waals surface area contributed by atoms with E-state index in [9.17, 15) is 31.6 Å². The topological polar surface area (TPSA) is 164 Å². The van der Waals surface area contributed by atoms with E-state index in [1.165, 1.54) is 68.9 Å². The average Bonchev–Trinajstić information content (AvgIpc) is 0.692. The maximum absolute atomic E-state index is 10.1. The second-order valence-corrected chi connectivity index (χ2v) is 30.0. The molecule has 0 spiro atoms. The average molecular weight is 1340 g/mol. The van der Waals surface area contributed by atoms with Crippen LogP contribution >= 0.6 is 11.6 Å². The molecule has 10 aromatic carbocycles. The SMILES string of the molecule is [C-]#[N+]c1ccc(N(c2ccc(C#N)cc2)c2cc(C34CC5CC(CC(C5)C3)C4)cc(N(c3ccc(C#N)cc3)c3ccc(C#N)cc3)c2Cl)cc1.[C-]#[N+]c1ccc(N2c3ccc(C#N)cc3B3c4cc(C#N)ccc4N(c4ccc(C#N)cc4)c4cc(C56CC7CC(CC(C7)C5)C6)cc2c43)cc1. The van der Waals surface area contributed by atoms with Crippen LogP contribution in [0.1, 0.15) is 122 Å². The van der Waals surface area contributed by atoms with Gasteiger partial charge in [0.05, 0.1) is 99.3 Å². The van der Waals surface area contributed by atoms with Crippen LogP contribution in [0.4, 0.5) is 79.6 Å². The quantitative estimate of drug-likeness (QED) is 0.0950. The van der Waals surface area contributed by atoms with Gasteiger partial charge in [-0.05, 0) is 333 Å². The number of halogens is 1. The summed E-state index contributed by atoms with van der Waals surface area (Å²) in [7, 11) is 0. The van der Waals surface area contributed by atoms with Crippen molar-refractivity contribution < 1.29 is 0 Å². The predicted molar refractivity (Wildman–Crippen MR) is 402 cm³/mol. The van der Waals surface area contributed by atoms with E-state index in [1.807, 2.05) is 170 Å². The Bertz CT molecular complexity index is 4920. The Morgan fingerprint density at radius 2 is 0.647 bits per heavy atom. The standard InChI is InChI=1S/C44H31BN6.C44H33ClN6/c1-49-34-6-10-36(11-7-34)51-40-13-5-29(26-48)18-38(40)45-37-17-28(25-47)4-12-39(37)50(35-8-2-27(24-46)3-9-35)41-19-33(20-42(51)43(41)45)44-21-30-14-31(22-44)16-32(15-30)23-44;1-49-36-8-16-40(17-9-36)51(39-14-6-31(28-48)7-15-39)42-22-35(44-23-32-18-33(24-44)20-34(19-32)25-44)21-41(43(42)45)50(37-10-2-29(26-46)3-11-37)38-12-4-30(27-47)5-13-38/h2-13,17-20,30-32H,14-16,21-23H2;2-17,21-22,32-34H,18-20,23-25H2. The van der Waals surface area contributed by atoms with Crippen LogP contribution in [0, 0.1) is 117 Å². The van der Waals surface area contributed by atoms with Gasteiger partial charge in [-0.15, -0.1) is 0 Å². The highest BCUT2D eigenvalue weighted by Crippen LogP contribution is 2.64. The lowest BCUT2D eigenvalue weighted by molar-refractivity contribution is -0.00526. The normalized spacial score (nSPS) is 22.0. The molecule has 0 atom stereocenters. The number of anilines is 12. The van der Waals surface area contributed by atoms with E-state index in [1.54, 1.807) is 0 Å². The molecule has 0 amide bonds. The lowest BCUT2D eigenvalue weighted by Gasteiger charge is -2.57. The number of nitrogens with zero attached hydrogens (tertiary/aromatic N) is 12. The largest absolute Gasteiger partial charge is 0.312 e. The first-order chi connectivity index (χ1) is 49.9. The number of hydrogen-bond donors (Lipinski definition) is 0. The zero-order valence-corrected chi connectivity index (χ0v) is 56.7. The van der Waals surface area contributed by atoms with E-state index < -0.39 is 0 Å². The summed E-state index contributed by atoms with van der Waals surface area (Å²) in [5.74, 6) is 4.50. The Labute approximate surface area is 600 Å². The molecule has 12 nitrogen and oxygen atoms in total. The van der Waals surface area contributed by atoms with Gasteiger partial charge in [0.25, 0.3) is 6.71 Å². The Kier molecular flexibility index (Phi) is 15.6. The number of benzene rings is 10. The van der Waals surface area contributed by atoms with Crippen molar-refractivity contribution in [3.05, 3.63) is 279 Å². The minimum Gasteiger partial charge on any atom is -0.312 e. The summed E-state index contributed by atoms with van der Waals surface area (Å²) in [4.78, 5) is 16.2. The van der Waals surface area contributed by atoms with Crippen molar-refractivity contribution in [2.75, 3.05) is 19.6 Å². The Hall–Kier alpha value is -12.3. The Balaban J connectivity index is 0.000000152. The van der Waals surface area contributed by atoms with Gasteiger partial charge in [0, 0.05) is 56.9 Å². The molecule has 8 aliphatic carbocycles. The summed E-state index contributed by atoms with van der Waals surface area (Å²) in [5, 5.41) is 59.3. The van der Waals surface area contributed by atoms with Gasteiger partial charge in [-0.1, -0.05) is 35.9 Å². The smallest absolute Gasteiger partial charge is 0.252 e. The highest BCUT2D eigenvalue weighted by atomic mass is 35.5. The third kappa shape index (κ3) is 10.7. The molecule has 8 bridgehead atoms. The van der Waals surface area contributed by atoms with Crippen molar-refractivity contribution in [2.24, 2.45) is 35.5 Å². The first kappa shape index (κ1) is 63.1. The van der Waals surface area contributed by atoms with Crippen LogP contribution in [0.3, 0.4) is 0 Å². The molecule has 10 aliphatic rings. The summed E-state index contributed by atoms with van der Waals surface area (Å²) >= 11 is 7.72. The minimum atomic E-state index is -0.222. The van der Waals surface area contributed by atoms with Crippen LogP contribution in [-0.2, 0) is 10.8 Å². The van der Waals surface area contributed by atoms with E-state index in [-0.39, 0.29) is 17.5 Å². The van der Waals surface area contributed by atoms with Crippen LogP contribution in [0.25, 0.3) is 9.69 Å². The summed E-state index contributed by atoms with van der Waals surface area (Å²) in [6.45, 7) is 15.0. The molecule has 0 aromatic heterocycles. The Morgan fingerprint density at radius 1 is 0.363 bits per heavy atom. The number of hydrogen-bond acceptors (Lipinski definition) is 10. The summed E-state index contributed by atoms with van der Waals surface area (Å²) < 4.78 is 0. The molecular formula is C88H64BClN12. The molecule has 0 saturated heterocycles. The Morgan fingerprint density at radius 3 is 0.971 bits per heavy atom. The van der Waals surface area contributed by atoms with Gasteiger partial charge in [0.15, 0.2) is 11.4 Å². The maximum Gasteiger partial charge on any atom is 0.252 e. The molecule has 20 rings (SSSR count). The fraction of sp³-hybridized carbons (Fsp3) is 0.227. The van der Waals surface area contributed by atoms with E-state index in [0.29, 0.717) is 49.8 Å². The molecule has 0 N–H and O–H groups in total. The van der Waals surface area contributed by atoms with Gasteiger partial charge in [-0.2, -0.15) is 31.6 Å². The second kappa shape index (κ2) is 25.1. The van der Waals surface area contributed by atoms with Crippen molar-refractivity contribution in [3.8, 4) is 36.4 Å².